The topological polar surface area (TPSA) is 133 Å². The van der Waals surface area contributed by atoms with Crippen LogP contribution in [0.2, 0.25) is 0 Å². The lowest BCUT2D eigenvalue weighted by atomic mass is 9.57. The van der Waals surface area contributed by atoms with Crippen LogP contribution in [0.25, 0.3) is 0 Å². The van der Waals surface area contributed by atoms with Gasteiger partial charge in [-0.1, -0.05) is 50.3 Å². The van der Waals surface area contributed by atoms with Crippen LogP contribution in [-0.4, -0.2) is 77.3 Å². The predicted molar refractivity (Wildman–Crippen MR) is 162 cm³/mol. The number of hydrogen-bond acceptors (Lipinski definition) is 9. The molecule has 1 spiro atoms. The van der Waals surface area contributed by atoms with Gasteiger partial charge in [0.25, 0.3) is 0 Å². The fourth-order valence-corrected chi connectivity index (χ4v) is 8.01. The normalized spacial score (nSPS) is 39.1. The van der Waals surface area contributed by atoms with E-state index < -0.39 is 72.0 Å². The number of aliphatic hydroxyl groups excluding tert-OH is 1. The summed E-state index contributed by atoms with van der Waals surface area (Å²) < 4.78 is 30.5. The molecule has 1 aromatic carbocycles. The third-order valence-corrected chi connectivity index (χ3v) is 10.2. The molecule has 45 heavy (non-hydrogen) atoms. The van der Waals surface area contributed by atoms with Crippen LogP contribution < -0.4 is 0 Å². The number of rotatable bonds is 6. The van der Waals surface area contributed by atoms with Crippen LogP contribution in [-0.2, 0) is 28.5 Å². The summed E-state index contributed by atoms with van der Waals surface area (Å²) in [7, 11) is 1.46. The number of ether oxygens (including phenoxy) is 5. The number of aromatic amines is 1. The molecule has 240 valence electrons. The van der Waals surface area contributed by atoms with Gasteiger partial charge in [-0.15, -0.1) is 0 Å². The van der Waals surface area contributed by atoms with Gasteiger partial charge in [0.05, 0.1) is 11.7 Å². The van der Waals surface area contributed by atoms with Crippen molar-refractivity contribution in [2.75, 3.05) is 7.11 Å². The number of cyclic esters (lactones) is 1. The summed E-state index contributed by atoms with van der Waals surface area (Å²) in [6, 6.07) is 12.0. The lowest BCUT2D eigenvalue weighted by Gasteiger charge is -2.48. The minimum atomic E-state index is -0.998. The molecule has 1 saturated heterocycles. The summed E-state index contributed by atoms with van der Waals surface area (Å²) in [4.78, 5) is 42.4. The van der Waals surface area contributed by atoms with Crippen molar-refractivity contribution in [1.29, 1.82) is 0 Å². The van der Waals surface area contributed by atoms with Gasteiger partial charge < -0.3 is 33.8 Å². The summed E-state index contributed by atoms with van der Waals surface area (Å²) in [5.74, 6) is -3.31. The average Bonchev–Trinajstić information content (AvgIpc) is 3.64. The second-order valence-corrected chi connectivity index (χ2v) is 12.8. The molecule has 2 N–H and O–H groups in total. The smallest absolute Gasteiger partial charge is 0.355 e. The van der Waals surface area contributed by atoms with Crippen LogP contribution in [0.4, 0.5) is 0 Å². The zero-order valence-corrected chi connectivity index (χ0v) is 26.1. The minimum absolute atomic E-state index is 0.218. The Morgan fingerprint density at radius 3 is 2.53 bits per heavy atom. The number of nitrogens with one attached hydrogen (secondary N) is 1. The molecule has 2 fully saturated rings. The molecule has 0 amide bonds. The van der Waals surface area contributed by atoms with E-state index in [0.717, 1.165) is 5.57 Å². The Hall–Kier alpha value is -3.73. The quantitative estimate of drug-likeness (QED) is 0.276. The van der Waals surface area contributed by atoms with Crippen molar-refractivity contribution in [3.8, 4) is 0 Å². The molecule has 3 heterocycles. The maximum absolute atomic E-state index is 13.6. The molecule has 10 heteroatoms. The second-order valence-electron chi connectivity index (χ2n) is 12.8. The Labute approximate surface area is 262 Å². The summed E-state index contributed by atoms with van der Waals surface area (Å²) in [6.45, 7) is 7.47. The van der Waals surface area contributed by atoms with Crippen molar-refractivity contribution < 1.29 is 43.2 Å². The zero-order valence-electron chi connectivity index (χ0n) is 26.1. The van der Waals surface area contributed by atoms with E-state index in [0.29, 0.717) is 11.3 Å². The first kappa shape index (κ1) is 31.3. The number of aliphatic hydroxyl groups is 1. The molecule has 2 aliphatic heterocycles. The van der Waals surface area contributed by atoms with Crippen molar-refractivity contribution in [1.82, 2.24) is 4.98 Å². The molecule has 2 aliphatic carbocycles. The van der Waals surface area contributed by atoms with Crippen molar-refractivity contribution >= 4 is 17.9 Å². The lowest BCUT2D eigenvalue weighted by Crippen LogP contribution is -2.57. The predicted octanol–water partition coefficient (Wildman–Crippen LogP) is 4.27. The van der Waals surface area contributed by atoms with Gasteiger partial charge >= 0.3 is 17.9 Å². The highest BCUT2D eigenvalue weighted by molar-refractivity contribution is 5.89. The molecular formula is C35H41NO9. The standard InChI is InChI=1S/C35H41NO9/c1-18-16-19(2)35-23(17-26(41-5)34(40)43-29(18)21(4)42-32(38)22-10-7-6-8-11-22)13-14-24-27(35)28(37)20(3)30(31(24)45-35)44-33(39)25-12-9-15-36-25/h6-16,18,20-21,23-24,26-31,36-37H,17H2,1-5H3/b19-16+/t18-,20-,21-,23-,24-,26+,27+,28-,29+,30-,31-,35+/m1/s1. The number of hydrogen-bond donors (Lipinski definition) is 2. The van der Waals surface area contributed by atoms with E-state index in [9.17, 15) is 19.5 Å². The number of H-pyrrole nitrogens is 1. The monoisotopic (exact) mass is 619 g/mol. The number of carbonyl (C=O) groups excluding carboxylic acids is 3. The molecule has 4 aliphatic rings. The molecular weight excluding hydrogens is 578 g/mol. The first-order valence-electron chi connectivity index (χ1n) is 15.6. The van der Waals surface area contributed by atoms with Crippen molar-refractivity contribution in [3.05, 3.63) is 83.7 Å². The number of methoxy groups -OCH3 is 1. The fraction of sp³-hybridized carbons (Fsp3) is 0.514. The van der Waals surface area contributed by atoms with Crippen LogP contribution in [0.3, 0.4) is 0 Å². The van der Waals surface area contributed by atoms with Crippen molar-refractivity contribution in [2.24, 2.45) is 29.6 Å². The van der Waals surface area contributed by atoms with Gasteiger partial charge in [0.1, 0.15) is 35.7 Å². The summed E-state index contributed by atoms with van der Waals surface area (Å²) in [5, 5.41) is 11.9. The van der Waals surface area contributed by atoms with E-state index in [1.807, 2.05) is 45.1 Å². The van der Waals surface area contributed by atoms with Crippen molar-refractivity contribution in [3.63, 3.8) is 0 Å². The second kappa shape index (κ2) is 12.2. The molecule has 1 saturated carbocycles. The number of aromatic nitrogens is 1. The first-order valence-corrected chi connectivity index (χ1v) is 15.6. The third-order valence-electron chi connectivity index (χ3n) is 10.2. The van der Waals surface area contributed by atoms with E-state index in [1.54, 1.807) is 49.5 Å². The SMILES string of the molecule is CO[C@H]1C[C@H]2C=C[C@H]3[C@H]4O[C@]2(/C(C)=C/[C@@H](C)[C@@H]([C@@H](C)OC(=O)c2ccccc2)OC1=O)[C@@H]3[C@H](O)[C@@H](C)[C@H]4OC(=O)c1ccc[nH]1. The Bertz CT molecular complexity index is 1470. The van der Waals surface area contributed by atoms with E-state index in [4.69, 9.17) is 23.7 Å². The van der Waals surface area contributed by atoms with Gasteiger partial charge in [0.15, 0.2) is 6.10 Å². The van der Waals surface area contributed by atoms with Crippen LogP contribution in [0.15, 0.2) is 72.5 Å². The Morgan fingerprint density at radius 2 is 1.84 bits per heavy atom. The van der Waals surface area contributed by atoms with E-state index >= 15 is 0 Å². The van der Waals surface area contributed by atoms with Gasteiger partial charge in [-0.05, 0) is 50.1 Å². The summed E-state index contributed by atoms with van der Waals surface area (Å²) in [6.07, 6.45) is 3.35. The fourth-order valence-electron chi connectivity index (χ4n) is 8.01. The third kappa shape index (κ3) is 5.32. The average molecular weight is 620 g/mol. The highest BCUT2D eigenvalue weighted by Crippen LogP contribution is 2.61. The van der Waals surface area contributed by atoms with E-state index in [1.165, 1.54) is 7.11 Å². The maximum Gasteiger partial charge on any atom is 0.355 e. The first-order chi connectivity index (χ1) is 21.6. The highest BCUT2D eigenvalue weighted by atomic mass is 16.6. The maximum atomic E-state index is 13.6. The number of carbonyl (C=O) groups is 3. The summed E-state index contributed by atoms with van der Waals surface area (Å²) in [5.41, 5.74) is 0.587. The molecule has 2 aromatic rings. The Kier molecular flexibility index (Phi) is 8.49. The molecule has 6 rings (SSSR count). The highest BCUT2D eigenvalue weighted by Gasteiger charge is 2.69. The Morgan fingerprint density at radius 1 is 1.09 bits per heavy atom. The van der Waals surface area contributed by atoms with Gasteiger partial charge in [0, 0.05) is 42.9 Å². The largest absolute Gasteiger partial charge is 0.456 e. The lowest BCUT2D eigenvalue weighted by molar-refractivity contribution is -0.172. The Balaban J connectivity index is 1.35. The van der Waals surface area contributed by atoms with Gasteiger partial charge in [-0.3, -0.25) is 0 Å². The van der Waals surface area contributed by atoms with Crippen molar-refractivity contribution in [2.45, 2.75) is 76.3 Å². The molecule has 0 unspecified atom stereocenters. The van der Waals surface area contributed by atoms with Crippen LogP contribution in [0.1, 0.15) is 55.0 Å². The van der Waals surface area contributed by atoms with Gasteiger partial charge in [-0.25, -0.2) is 14.4 Å². The van der Waals surface area contributed by atoms with Gasteiger partial charge in [-0.2, -0.15) is 0 Å². The number of esters is 3. The van der Waals surface area contributed by atoms with E-state index in [-0.39, 0.29) is 24.2 Å². The zero-order chi connectivity index (χ0) is 32.0. The molecule has 4 bridgehead atoms. The summed E-state index contributed by atoms with van der Waals surface area (Å²) >= 11 is 0. The molecule has 1 aromatic heterocycles. The minimum Gasteiger partial charge on any atom is -0.456 e. The van der Waals surface area contributed by atoms with Crippen LogP contribution in [0, 0.1) is 29.6 Å². The molecule has 10 nitrogen and oxygen atoms in total. The van der Waals surface area contributed by atoms with Crippen LogP contribution in [0.5, 0.6) is 0 Å². The molecule has 0 radical (unpaired) electrons. The van der Waals surface area contributed by atoms with E-state index in [2.05, 4.69) is 4.98 Å². The van der Waals surface area contributed by atoms with Crippen LogP contribution >= 0.6 is 0 Å². The molecule has 12 atom stereocenters. The van der Waals surface area contributed by atoms with Gasteiger partial charge in [0.2, 0.25) is 0 Å². The number of benzene rings is 1.